The van der Waals surface area contributed by atoms with E-state index < -0.39 is 61.6 Å². The summed E-state index contributed by atoms with van der Waals surface area (Å²) in [5.74, 6) is -2.87. The highest BCUT2D eigenvalue weighted by molar-refractivity contribution is 5.93. The summed E-state index contributed by atoms with van der Waals surface area (Å²) in [4.78, 5) is 100. The van der Waals surface area contributed by atoms with Gasteiger partial charge in [0.2, 0.25) is 0 Å². The number of carbonyl (C=O) groups excluding carboxylic acids is 6. The second-order valence-corrected chi connectivity index (χ2v) is 9.89. The molecule has 0 aliphatic rings. The van der Waals surface area contributed by atoms with Crippen LogP contribution < -0.4 is 14.2 Å². The quantitative estimate of drug-likeness (QED) is 0.107. The molecule has 0 fully saturated rings. The van der Waals surface area contributed by atoms with Crippen molar-refractivity contribution in [1.29, 1.82) is 0 Å². The topological polar surface area (TPSA) is 213 Å². The number of methoxy groups -OCH3 is 3. The first-order valence-corrected chi connectivity index (χ1v) is 14.1. The van der Waals surface area contributed by atoms with Crippen LogP contribution in [0.2, 0.25) is 0 Å². The van der Waals surface area contributed by atoms with Gasteiger partial charge in [-0.05, 0) is 43.3 Å². The van der Waals surface area contributed by atoms with Gasteiger partial charge in [0, 0.05) is 0 Å². The minimum absolute atomic E-state index is 0.0655. The molecule has 0 aromatic heterocycles. The second kappa shape index (κ2) is 18.6. The van der Waals surface area contributed by atoms with E-state index in [2.05, 4.69) is 29.3 Å². The molecular formula is C32H30O18. The summed E-state index contributed by atoms with van der Waals surface area (Å²) in [6.07, 6.45) is -4.58. The highest BCUT2D eigenvalue weighted by Crippen LogP contribution is 2.23. The molecule has 0 aliphatic carbocycles. The molecule has 50 heavy (non-hydrogen) atoms. The molecule has 18 heteroatoms. The molecule has 0 heterocycles. The van der Waals surface area contributed by atoms with E-state index in [1.807, 2.05) is 0 Å². The number of carbonyl (C=O) groups is 6. The van der Waals surface area contributed by atoms with E-state index >= 15 is 0 Å². The lowest BCUT2D eigenvalue weighted by Gasteiger charge is -2.26. The van der Waals surface area contributed by atoms with E-state index in [1.165, 1.54) is 82.9 Å². The number of hydrogen-bond acceptors (Lipinski definition) is 18. The molecule has 0 N–H and O–H groups in total. The van der Waals surface area contributed by atoms with Gasteiger partial charge >= 0.3 is 36.4 Å². The molecular weight excluding hydrogens is 672 g/mol. The Morgan fingerprint density at radius 1 is 0.440 bits per heavy atom. The Bertz CT molecular complexity index is 1480. The summed E-state index contributed by atoms with van der Waals surface area (Å²) < 4.78 is 30.0. The van der Waals surface area contributed by atoms with Gasteiger partial charge < -0.3 is 28.4 Å². The van der Waals surface area contributed by atoms with E-state index in [9.17, 15) is 28.8 Å². The van der Waals surface area contributed by atoms with E-state index in [4.69, 9.17) is 28.4 Å². The minimum Gasteiger partial charge on any atom is -0.496 e. The molecule has 0 saturated heterocycles. The van der Waals surface area contributed by atoms with Gasteiger partial charge in [-0.25, -0.2) is 43.7 Å². The molecule has 0 saturated carbocycles. The zero-order chi connectivity index (χ0) is 36.5. The highest BCUT2D eigenvalue weighted by Gasteiger charge is 2.33. The molecule has 0 radical (unpaired) electrons. The molecule has 266 valence electrons. The maximum absolute atomic E-state index is 12.3. The zero-order valence-electron chi connectivity index (χ0n) is 26.9. The largest absolute Gasteiger partial charge is 0.549 e. The van der Waals surface area contributed by atoms with E-state index in [0.29, 0.717) is 0 Å². The fourth-order valence-electron chi connectivity index (χ4n) is 3.69. The Labute approximate surface area is 283 Å². The summed E-state index contributed by atoms with van der Waals surface area (Å²) in [5, 5.41) is 0. The van der Waals surface area contributed by atoms with Crippen molar-refractivity contribution in [3.63, 3.8) is 0 Å². The fourth-order valence-corrected chi connectivity index (χ4v) is 3.69. The summed E-state index contributed by atoms with van der Waals surface area (Å²) >= 11 is 0. The predicted octanol–water partition coefficient (Wildman–Crippen LogP) is 4.79. The summed E-state index contributed by atoms with van der Waals surface area (Å²) in [6.45, 7) is -0.870. The van der Waals surface area contributed by atoms with Gasteiger partial charge in [-0.3, -0.25) is 0 Å². The van der Waals surface area contributed by atoms with Gasteiger partial charge in [-0.15, -0.1) is 0 Å². The standard InChI is InChI=1S/C32H30O18/c1-32(17-42-29(36)48-45-26(33)20-11-5-8-14-23(20)39-2,18-43-30(37)49-46-27(34)21-12-6-9-15-24(21)40-3)19-44-31(38)50-47-28(35)22-13-7-10-16-25(22)41-4/h5-16H,17-19H2,1-4H3. The van der Waals surface area contributed by atoms with Crippen LogP contribution in [0.3, 0.4) is 0 Å². The van der Waals surface area contributed by atoms with Crippen LogP contribution in [-0.4, -0.2) is 77.5 Å². The first-order chi connectivity index (χ1) is 24.0. The lowest BCUT2D eigenvalue weighted by Crippen LogP contribution is -2.37. The van der Waals surface area contributed by atoms with Crippen LogP contribution in [0.25, 0.3) is 0 Å². The molecule has 18 nitrogen and oxygen atoms in total. The van der Waals surface area contributed by atoms with Crippen LogP contribution >= 0.6 is 0 Å². The number of hydrogen-bond donors (Lipinski definition) is 0. The van der Waals surface area contributed by atoms with Gasteiger partial charge in [0.25, 0.3) is 0 Å². The number of benzene rings is 3. The van der Waals surface area contributed by atoms with Crippen molar-refractivity contribution in [3.05, 3.63) is 89.5 Å². The SMILES string of the molecule is COc1ccccc1C(=O)OOC(=O)OCC(C)(COC(=O)OOC(=O)c1ccccc1OC)COC(=O)OOC(=O)c1ccccc1OC. The van der Waals surface area contributed by atoms with Crippen LogP contribution in [0.5, 0.6) is 17.2 Å². The van der Waals surface area contributed by atoms with Crippen molar-refractivity contribution in [2.45, 2.75) is 6.92 Å². The maximum Gasteiger partial charge on any atom is 0.549 e. The Hall–Kier alpha value is -6.72. The van der Waals surface area contributed by atoms with Gasteiger partial charge in [0.05, 0.1) is 26.7 Å². The van der Waals surface area contributed by atoms with Gasteiger partial charge in [0.15, 0.2) is 0 Å². The molecule has 0 spiro atoms. The highest BCUT2D eigenvalue weighted by atomic mass is 17.2. The fraction of sp³-hybridized carbons (Fsp3) is 0.250. The van der Waals surface area contributed by atoms with E-state index in [0.717, 1.165) is 0 Å². The molecule has 3 aromatic rings. The summed E-state index contributed by atoms with van der Waals surface area (Å²) in [6, 6.07) is 17.8. The molecule has 0 bridgehead atoms. The lowest BCUT2D eigenvalue weighted by atomic mass is 9.94. The zero-order valence-corrected chi connectivity index (χ0v) is 26.9. The third-order valence-electron chi connectivity index (χ3n) is 6.15. The normalized spacial score (nSPS) is 10.3. The van der Waals surface area contributed by atoms with Crippen LogP contribution in [0.1, 0.15) is 38.0 Å². The van der Waals surface area contributed by atoms with Gasteiger partial charge in [-0.2, -0.15) is 14.4 Å². The van der Waals surface area contributed by atoms with E-state index in [1.54, 1.807) is 18.2 Å². The second-order valence-electron chi connectivity index (χ2n) is 9.89. The number of para-hydroxylation sites is 3. The van der Waals surface area contributed by atoms with Crippen molar-refractivity contribution < 1.29 is 86.5 Å². The Kier molecular flexibility index (Phi) is 14.0. The summed E-state index contributed by atoms with van der Waals surface area (Å²) in [5.41, 5.74) is -1.80. The smallest absolute Gasteiger partial charge is 0.496 e. The van der Waals surface area contributed by atoms with Crippen molar-refractivity contribution in [2.75, 3.05) is 41.2 Å². The molecule has 0 unspecified atom stereocenters. The van der Waals surface area contributed by atoms with Crippen molar-refractivity contribution in [2.24, 2.45) is 5.41 Å². The Morgan fingerprint density at radius 3 is 0.960 bits per heavy atom. The van der Waals surface area contributed by atoms with Crippen LogP contribution in [0.4, 0.5) is 14.4 Å². The molecule has 0 aliphatic heterocycles. The first-order valence-electron chi connectivity index (χ1n) is 14.1. The van der Waals surface area contributed by atoms with Crippen LogP contribution in [-0.2, 0) is 43.5 Å². The third-order valence-corrected chi connectivity index (χ3v) is 6.15. The maximum atomic E-state index is 12.3. The predicted molar refractivity (Wildman–Crippen MR) is 161 cm³/mol. The number of rotatable bonds is 12. The monoisotopic (exact) mass is 702 g/mol. The van der Waals surface area contributed by atoms with Crippen molar-refractivity contribution in [3.8, 4) is 17.2 Å². The molecule has 3 rings (SSSR count). The number of ether oxygens (including phenoxy) is 6. The third kappa shape index (κ3) is 11.2. The Balaban J connectivity index is 1.58. The molecule has 0 amide bonds. The van der Waals surface area contributed by atoms with E-state index in [-0.39, 0.29) is 33.9 Å². The van der Waals surface area contributed by atoms with Gasteiger partial charge in [-0.1, -0.05) is 36.4 Å². The minimum atomic E-state index is -1.61. The summed E-state index contributed by atoms with van der Waals surface area (Å²) in [7, 11) is 3.94. The Morgan fingerprint density at radius 2 is 0.700 bits per heavy atom. The van der Waals surface area contributed by atoms with Crippen LogP contribution in [0, 0.1) is 5.41 Å². The first kappa shape index (κ1) is 37.7. The average Bonchev–Trinajstić information content (AvgIpc) is 3.15. The van der Waals surface area contributed by atoms with Crippen molar-refractivity contribution >= 4 is 36.4 Å². The molecule has 3 aromatic carbocycles. The van der Waals surface area contributed by atoms with Gasteiger partial charge in [0.1, 0.15) is 53.8 Å². The van der Waals surface area contributed by atoms with Crippen LogP contribution in [0.15, 0.2) is 72.8 Å². The molecule has 0 atom stereocenters. The lowest BCUT2D eigenvalue weighted by molar-refractivity contribution is -0.216. The van der Waals surface area contributed by atoms with Crippen molar-refractivity contribution in [1.82, 2.24) is 0 Å². The average molecular weight is 703 g/mol.